The van der Waals surface area contributed by atoms with Crippen LogP contribution in [0.4, 0.5) is 4.79 Å². The number of hydrogen-bond donors (Lipinski definition) is 2. The number of ether oxygens (including phenoxy) is 3. The van der Waals surface area contributed by atoms with Crippen LogP contribution in [0.3, 0.4) is 0 Å². The van der Waals surface area contributed by atoms with Gasteiger partial charge in [0.1, 0.15) is 6.61 Å². The molecule has 2 aliphatic heterocycles. The van der Waals surface area contributed by atoms with Crippen LogP contribution in [0.1, 0.15) is 24.2 Å². The largest absolute Gasteiger partial charge is 0.463 e. The van der Waals surface area contributed by atoms with Gasteiger partial charge in [0.25, 0.3) is 0 Å². The van der Waals surface area contributed by atoms with E-state index in [1.54, 1.807) is 13.8 Å². The van der Waals surface area contributed by atoms with Crippen LogP contribution < -0.4 is 10.6 Å². The molecule has 0 bridgehead atoms. The third-order valence-corrected chi connectivity index (χ3v) is 7.86. The van der Waals surface area contributed by atoms with Crippen molar-refractivity contribution < 1.29 is 37.0 Å². The Morgan fingerprint density at radius 3 is 2.58 bits per heavy atom. The van der Waals surface area contributed by atoms with Crippen molar-refractivity contribution >= 4 is 43.9 Å². The summed E-state index contributed by atoms with van der Waals surface area (Å²) < 4.78 is 43.1. The first-order valence-corrected chi connectivity index (χ1v) is 12.4. The van der Waals surface area contributed by atoms with Crippen LogP contribution in [-0.4, -0.2) is 76.3 Å². The molecular formula is C20H24BrN3O8S. The Bertz CT molecular complexity index is 1080. The van der Waals surface area contributed by atoms with E-state index in [2.05, 4.69) is 26.6 Å². The smallest absolute Gasteiger partial charge is 0.338 e. The first kappa shape index (κ1) is 25.1. The zero-order chi connectivity index (χ0) is 24.2. The second-order valence-corrected chi connectivity index (χ2v) is 9.93. The molecule has 2 aliphatic rings. The van der Waals surface area contributed by atoms with E-state index < -0.39 is 40.6 Å². The molecule has 0 aromatic heterocycles. The molecule has 2 heterocycles. The zero-order valence-electron chi connectivity index (χ0n) is 18.1. The third-order valence-electron chi connectivity index (χ3n) is 4.97. The summed E-state index contributed by atoms with van der Waals surface area (Å²) >= 11 is 3.23. The second-order valence-electron chi connectivity index (χ2n) is 7.17. The van der Waals surface area contributed by atoms with Crippen molar-refractivity contribution in [2.45, 2.75) is 24.8 Å². The first-order valence-electron chi connectivity index (χ1n) is 10.2. The molecular weight excluding hydrogens is 522 g/mol. The minimum absolute atomic E-state index is 0.00312. The van der Waals surface area contributed by atoms with Gasteiger partial charge >= 0.3 is 18.0 Å². The Morgan fingerprint density at radius 1 is 1.21 bits per heavy atom. The van der Waals surface area contributed by atoms with Crippen LogP contribution >= 0.6 is 15.9 Å². The van der Waals surface area contributed by atoms with Crippen LogP contribution in [0.25, 0.3) is 0 Å². The van der Waals surface area contributed by atoms with Gasteiger partial charge in [0.15, 0.2) is 0 Å². The maximum absolute atomic E-state index is 13.0. The minimum Gasteiger partial charge on any atom is -0.463 e. The number of sulfonamides is 1. The molecule has 1 saturated heterocycles. The quantitative estimate of drug-likeness (QED) is 0.486. The Labute approximate surface area is 199 Å². The zero-order valence-corrected chi connectivity index (χ0v) is 20.5. The van der Waals surface area contributed by atoms with E-state index in [-0.39, 0.29) is 54.6 Å². The standard InChI is InChI=1S/C20H24BrN3O8S/c1-3-31-19(26)17-12(2)22-20(27)23-15(17)11-32-18(25)13-4-5-14(21)16(10-13)33(28,29)24-6-8-30-9-7-24/h4-5,10,12H,3,6-9,11H2,1-2H3,(H2,22,23,27)/t12-/m1/s1. The molecule has 0 saturated carbocycles. The summed E-state index contributed by atoms with van der Waals surface area (Å²) in [5.41, 5.74) is 0.226. The Kier molecular flexibility index (Phi) is 8.10. The highest BCUT2D eigenvalue weighted by Crippen LogP contribution is 2.27. The number of halogens is 1. The average molecular weight is 546 g/mol. The number of carbonyl (C=O) groups excluding carboxylic acids is 3. The predicted molar refractivity (Wildman–Crippen MR) is 119 cm³/mol. The SMILES string of the molecule is CCOC(=O)C1=C(COC(=O)c2ccc(Br)c(S(=O)(=O)N3CCOCC3)c2)NC(=O)N[C@@H]1C. The lowest BCUT2D eigenvalue weighted by Gasteiger charge is -2.27. The van der Waals surface area contributed by atoms with Gasteiger partial charge in [-0.3, -0.25) is 0 Å². The van der Waals surface area contributed by atoms with Gasteiger partial charge in [-0.25, -0.2) is 22.8 Å². The van der Waals surface area contributed by atoms with E-state index in [4.69, 9.17) is 14.2 Å². The lowest BCUT2D eigenvalue weighted by Crippen LogP contribution is -2.50. The monoisotopic (exact) mass is 545 g/mol. The van der Waals surface area contributed by atoms with Crippen molar-refractivity contribution in [3.63, 3.8) is 0 Å². The van der Waals surface area contributed by atoms with Gasteiger partial charge in [-0.2, -0.15) is 4.31 Å². The fourth-order valence-corrected chi connectivity index (χ4v) is 5.73. The number of nitrogens with zero attached hydrogens (tertiary/aromatic N) is 1. The maximum Gasteiger partial charge on any atom is 0.338 e. The molecule has 11 nitrogen and oxygen atoms in total. The fourth-order valence-electron chi connectivity index (χ4n) is 3.37. The number of benzene rings is 1. The van der Waals surface area contributed by atoms with Gasteiger partial charge in [0.05, 0.1) is 47.6 Å². The molecule has 0 radical (unpaired) electrons. The van der Waals surface area contributed by atoms with Gasteiger partial charge < -0.3 is 24.8 Å². The van der Waals surface area contributed by atoms with E-state index >= 15 is 0 Å². The molecule has 13 heteroatoms. The van der Waals surface area contributed by atoms with Crippen LogP contribution in [0.15, 0.2) is 38.8 Å². The lowest BCUT2D eigenvalue weighted by molar-refractivity contribution is -0.139. The average Bonchev–Trinajstić information content (AvgIpc) is 2.78. The first-order chi connectivity index (χ1) is 15.6. The van der Waals surface area contributed by atoms with Gasteiger partial charge in [0.2, 0.25) is 10.0 Å². The summed E-state index contributed by atoms with van der Waals surface area (Å²) in [7, 11) is -3.86. The molecule has 0 aliphatic carbocycles. The topological polar surface area (TPSA) is 140 Å². The number of morpholine rings is 1. The van der Waals surface area contributed by atoms with Crippen molar-refractivity contribution in [2.75, 3.05) is 39.5 Å². The van der Waals surface area contributed by atoms with Crippen LogP contribution in [0.2, 0.25) is 0 Å². The summed E-state index contributed by atoms with van der Waals surface area (Å²) in [5, 5.41) is 5.01. The van der Waals surface area contributed by atoms with Gasteiger partial charge in [-0.15, -0.1) is 0 Å². The van der Waals surface area contributed by atoms with Crippen LogP contribution in [0, 0.1) is 0 Å². The molecule has 1 fully saturated rings. The highest BCUT2D eigenvalue weighted by Gasteiger charge is 2.31. The van der Waals surface area contributed by atoms with E-state index in [0.29, 0.717) is 4.47 Å². The van der Waals surface area contributed by atoms with Gasteiger partial charge in [-0.1, -0.05) is 0 Å². The summed E-state index contributed by atoms with van der Waals surface area (Å²) in [6.07, 6.45) is 0. The van der Waals surface area contributed by atoms with Crippen molar-refractivity contribution in [2.24, 2.45) is 0 Å². The molecule has 33 heavy (non-hydrogen) atoms. The van der Waals surface area contributed by atoms with Crippen LogP contribution in [-0.2, 0) is 29.0 Å². The molecule has 0 spiro atoms. The van der Waals surface area contributed by atoms with Crippen molar-refractivity contribution in [3.05, 3.63) is 39.5 Å². The minimum atomic E-state index is -3.86. The molecule has 1 aromatic rings. The molecule has 2 N–H and O–H groups in total. The second kappa shape index (κ2) is 10.6. The highest BCUT2D eigenvalue weighted by molar-refractivity contribution is 9.10. The Morgan fingerprint density at radius 2 is 1.91 bits per heavy atom. The van der Waals surface area contributed by atoms with E-state index in [1.165, 1.54) is 22.5 Å². The Hall–Kier alpha value is -2.48. The number of urea groups is 1. The normalized spacial score (nSPS) is 19.5. The summed E-state index contributed by atoms with van der Waals surface area (Å²) in [6, 6.07) is 2.88. The molecule has 0 unspecified atom stereocenters. The fraction of sp³-hybridized carbons (Fsp3) is 0.450. The molecule has 180 valence electrons. The summed E-state index contributed by atoms with van der Waals surface area (Å²) in [5.74, 6) is -1.47. The van der Waals surface area contributed by atoms with Crippen molar-refractivity contribution in [3.8, 4) is 0 Å². The number of amides is 2. The predicted octanol–water partition coefficient (Wildman–Crippen LogP) is 1.15. The van der Waals surface area contributed by atoms with E-state index in [1.807, 2.05) is 0 Å². The molecule has 3 rings (SSSR count). The van der Waals surface area contributed by atoms with Gasteiger partial charge in [0, 0.05) is 17.6 Å². The summed E-state index contributed by atoms with van der Waals surface area (Å²) in [4.78, 5) is 36.7. The van der Waals surface area contributed by atoms with Crippen molar-refractivity contribution in [1.82, 2.24) is 14.9 Å². The number of hydrogen-bond acceptors (Lipinski definition) is 8. The van der Waals surface area contributed by atoms with Crippen molar-refractivity contribution in [1.29, 1.82) is 0 Å². The molecule has 1 aromatic carbocycles. The highest BCUT2D eigenvalue weighted by atomic mass is 79.9. The lowest BCUT2D eigenvalue weighted by atomic mass is 10.0. The van der Waals surface area contributed by atoms with Gasteiger partial charge in [-0.05, 0) is 48.0 Å². The number of carbonyl (C=O) groups is 3. The number of esters is 2. The maximum atomic E-state index is 13.0. The third kappa shape index (κ3) is 5.72. The Balaban J connectivity index is 1.81. The van der Waals surface area contributed by atoms with Crippen LogP contribution in [0.5, 0.6) is 0 Å². The summed E-state index contributed by atoms with van der Waals surface area (Å²) in [6.45, 7) is 3.96. The van der Waals surface area contributed by atoms with E-state index in [9.17, 15) is 22.8 Å². The molecule has 2 amide bonds. The number of rotatable bonds is 7. The molecule has 1 atom stereocenters. The number of nitrogens with one attached hydrogen (secondary N) is 2. The van der Waals surface area contributed by atoms with E-state index in [0.717, 1.165) is 0 Å².